The van der Waals surface area contributed by atoms with Gasteiger partial charge in [0, 0.05) is 39.3 Å². The number of benzene rings is 1. The van der Waals surface area contributed by atoms with Gasteiger partial charge in [-0.2, -0.15) is 0 Å². The predicted molar refractivity (Wildman–Crippen MR) is 95.3 cm³/mol. The number of likely N-dealkylation sites (tertiary alicyclic amines) is 1. The molecule has 2 aliphatic heterocycles. The van der Waals surface area contributed by atoms with Gasteiger partial charge >= 0.3 is 0 Å². The number of carbonyl (C=O) groups is 2. The zero-order valence-corrected chi connectivity index (χ0v) is 15.0. The minimum Gasteiger partial charge on any atom is -0.484 e. The molecule has 2 aliphatic rings. The molecule has 1 aromatic rings. The first kappa shape index (κ1) is 18.6. The molecule has 6 nitrogen and oxygen atoms in total. The fraction of sp³-hybridized carbons (Fsp3) is 0.579. The van der Waals surface area contributed by atoms with Crippen LogP contribution in [0, 0.1) is 5.82 Å². The van der Waals surface area contributed by atoms with E-state index in [1.165, 1.54) is 24.3 Å². The van der Waals surface area contributed by atoms with E-state index < -0.39 is 0 Å². The zero-order chi connectivity index (χ0) is 18.4. The second kappa shape index (κ2) is 8.98. The molecule has 0 spiro atoms. The molecule has 0 aromatic heterocycles. The van der Waals surface area contributed by atoms with E-state index in [-0.39, 0.29) is 24.2 Å². The molecule has 0 unspecified atom stereocenters. The van der Waals surface area contributed by atoms with Gasteiger partial charge in [0.1, 0.15) is 11.6 Å². The normalized spacial score (nSPS) is 18.7. The summed E-state index contributed by atoms with van der Waals surface area (Å²) in [5.74, 6) is 0.260. The molecule has 3 rings (SSSR count). The number of rotatable bonds is 5. The van der Waals surface area contributed by atoms with Gasteiger partial charge in [-0.1, -0.05) is 0 Å². The van der Waals surface area contributed by atoms with Crippen molar-refractivity contribution >= 4 is 11.8 Å². The summed E-state index contributed by atoms with van der Waals surface area (Å²) < 4.78 is 18.3. The lowest BCUT2D eigenvalue weighted by Crippen LogP contribution is -2.41. The average molecular weight is 363 g/mol. The Kier molecular flexibility index (Phi) is 6.44. The van der Waals surface area contributed by atoms with E-state index in [4.69, 9.17) is 4.74 Å². The highest BCUT2D eigenvalue weighted by Crippen LogP contribution is 2.12. The van der Waals surface area contributed by atoms with Crippen LogP contribution in [0.3, 0.4) is 0 Å². The van der Waals surface area contributed by atoms with Gasteiger partial charge in [0.2, 0.25) is 5.91 Å². The van der Waals surface area contributed by atoms with Gasteiger partial charge in [0.15, 0.2) is 6.61 Å². The first-order valence-electron chi connectivity index (χ1n) is 9.28. The average Bonchev–Trinajstić information content (AvgIpc) is 3.09. The van der Waals surface area contributed by atoms with Crippen molar-refractivity contribution in [1.82, 2.24) is 14.7 Å². The molecule has 1 aromatic carbocycles. The van der Waals surface area contributed by atoms with Crippen molar-refractivity contribution in [3.05, 3.63) is 30.1 Å². The Balaban J connectivity index is 1.42. The van der Waals surface area contributed by atoms with Crippen molar-refractivity contribution < 1.29 is 18.7 Å². The highest BCUT2D eigenvalue weighted by Gasteiger charge is 2.23. The Morgan fingerprint density at radius 3 is 2.23 bits per heavy atom. The van der Waals surface area contributed by atoms with Gasteiger partial charge in [-0.15, -0.1) is 0 Å². The van der Waals surface area contributed by atoms with Gasteiger partial charge in [-0.3, -0.25) is 14.5 Å². The zero-order valence-electron chi connectivity index (χ0n) is 15.0. The van der Waals surface area contributed by atoms with Crippen LogP contribution in [-0.2, 0) is 9.59 Å². The maximum Gasteiger partial charge on any atom is 0.260 e. The number of amides is 2. The molecule has 0 radical (unpaired) electrons. The lowest BCUT2D eigenvalue weighted by molar-refractivity contribution is -0.133. The van der Waals surface area contributed by atoms with Crippen LogP contribution < -0.4 is 4.74 Å². The van der Waals surface area contributed by atoms with Crippen LogP contribution in [0.25, 0.3) is 0 Å². The fourth-order valence-electron chi connectivity index (χ4n) is 3.40. The van der Waals surface area contributed by atoms with Crippen LogP contribution >= 0.6 is 0 Å². The van der Waals surface area contributed by atoms with E-state index in [0.29, 0.717) is 31.9 Å². The molecule has 0 bridgehead atoms. The molecule has 2 fully saturated rings. The summed E-state index contributed by atoms with van der Waals surface area (Å²) in [5.41, 5.74) is 0. The van der Waals surface area contributed by atoms with Crippen LogP contribution in [0.4, 0.5) is 4.39 Å². The fourth-order valence-corrected chi connectivity index (χ4v) is 3.40. The topological polar surface area (TPSA) is 53.1 Å². The maximum absolute atomic E-state index is 12.9. The van der Waals surface area contributed by atoms with Crippen LogP contribution in [0.2, 0.25) is 0 Å². The van der Waals surface area contributed by atoms with Crippen molar-refractivity contribution in [2.75, 3.05) is 52.4 Å². The number of carbonyl (C=O) groups excluding carboxylic acids is 2. The SMILES string of the molecule is O=C(COc1ccc(F)cc1)N1CCCN(CC(=O)N2CCCC2)CC1. The second-order valence-corrected chi connectivity index (χ2v) is 6.84. The van der Waals surface area contributed by atoms with E-state index in [1.54, 1.807) is 4.90 Å². The summed E-state index contributed by atoms with van der Waals surface area (Å²) in [6.45, 7) is 4.91. The standard InChI is InChI=1S/C19H26FN3O3/c20-16-4-6-17(7-5-16)26-15-19(25)23-11-3-8-21(12-13-23)14-18(24)22-9-1-2-10-22/h4-7H,1-3,8-15H2. The molecule has 26 heavy (non-hydrogen) atoms. The van der Waals surface area contributed by atoms with Gasteiger partial charge in [0.25, 0.3) is 5.91 Å². The van der Waals surface area contributed by atoms with Gasteiger partial charge in [-0.05, 0) is 43.5 Å². The van der Waals surface area contributed by atoms with E-state index in [2.05, 4.69) is 4.90 Å². The molecule has 142 valence electrons. The van der Waals surface area contributed by atoms with Crippen LogP contribution in [-0.4, -0.2) is 78.9 Å². The number of halogens is 1. The summed E-state index contributed by atoms with van der Waals surface area (Å²) in [7, 11) is 0. The van der Waals surface area contributed by atoms with Crippen LogP contribution in [0.15, 0.2) is 24.3 Å². The van der Waals surface area contributed by atoms with Crippen molar-refractivity contribution in [2.24, 2.45) is 0 Å². The van der Waals surface area contributed by atoms with Gasteiger partial charge in [0.05, 0.1) is 6.54 Å². The molecule has 2 saturated heterocycles. The lowest BCUT2D eigenvalue weighted by Gasteiger charge is -2.24. The number of hydrogen-bond acceptors (Lipinski definition) is 4. The molecule has 2 heterocycles. The summed E-state index contributed by atoms with van der Waals surface area (Å²) in [6, 6.07) is 5.63. The minimum atomic E-state index is -0.334. The first-order chi connectivity index (χ1) is 12.6. The molecule has 0 aliphatic carbocycles. The highest BCUT2D eigenvalue weighted by atomic mass is 19.1. The highest BCUT2D eigenvalue weighted by molar-refractivity contribution is 5.79. The Morgan fingerprint density at radius 1 is 0.846 bits per heavy atom. The Labute approximate surface area is 153 Å². The molecular weight excluding hydrogens is 337 g/mol. The molecule has 0 saturated carbocycles. The summed E-state index contributed by atoms with van der Waals surface area (Å²) >= 11 is 0. The van der Waals surface area contributed by atoms with Crippen molar-refractivity contribution in [2.45, 2.75) is 19.3 Å². The minimum absolute atomic E-state index is 0.0572. The summed E-state index contributed by atoms with van der Waals surface area (Å²) in [6.07, 6.45) is 3.04. The maximum atomic E-state index is 12.9. The van der Waals surface area contributed by atoms with E-state index in [9.17, 15) is 14.0 Å². The largest absolute Gasteiger partial charge is 0.484 e. The first-order valence-corrected chi connectivity index (χ1v) is 9.28. The molecule has 0 N–H and O–H groups in total. The lowest BCUT2D eigenvalue weighted by atomic mass is 10.3. The molecule has 0 atom stereocenters. The van der Waals surface area contributed by atoms with Gasteiger partial charge in [-0.25, -0.2) is 4.39 Å². The third-order valence-electron chi connectivity index (χ3n) is 4.93. The van der Waals surface area contributed by atoms with E-state index >= 15 is 0 Å². The van der Waals surface area contributed by atoms with Crippen molar-refractivity contribution in [1.29, 1.82) is 0 Å². The van der Waals surface area contributed by atoms with Gasteiger partial charge < -0.3 is 14.5 Å². The monoisotopic (exact) mass is 363 g/mol. The number of nitrogens with zero attached hydrogens (tertiary/aromatic N) is 3. The number of ether oxygens (including phenoxy) is 1. The quantitative estimate of drug-likeness (QED) is 0.793. The second-order valence-electron chi connectivity index (χ2n) is 6.84. The molecule has 2 amide bonds. The van der Waals surface area contributed by atoms with Crippen LogP contribution in [0.5, 0.6) is 5.75 Å². The van der Waals surface area contributed by atoms with Crippen molar-refractivity contribution in [3.8, 4) is 5.75 Å². The molecule has 7 heteroatoms. The van der Waals surface area contributed by atoms with E-state index in [1.807, 2.05) is 4.90 Å². The molecular formula is C19H26FN3O3. The smallest absolute Gasteiger partial charge is 0.260 e. The summed E-state index contributed by atoms with van der Waals surface area (Å²) in [4.78, 5) is 30.5. The Morgan fingerprint density at radius 2 is 1.50 bits per heavy atom. The van der Waals surface area contributed by atoms with E-state index in [0.717, 1.165) is 38.9 Å². The predicted octanol–water partition coefficient (Wildman–Crippen LogP) is 1.36. The van der Waals surface area contributed by atoms with Crippen LogP contribution in [0.1, 0.15) is 19.3 Å². The third kappa shape index (κ3) is 5.17. The Bertz CT molecular complexity index is 617. The third-order valence-corrected chi connectivity index (χ3v) is 4.93. The Hall–Kier alpha value is -2.15. The summed E-state index contributed by atoms with van der Waals surface area (Å²) in [5, 5.41) is 0. The van der Waals surface area contributed by atoms with Crippen molar-refractivity contribution in [3.63, 3.8) is 0 Å². The number of hydrogen-bond donors (Lipinski definition) is 0.